The van der Waals surface area contributed by atoms with Crippen molar-refractivity contribution in [1.29, 1.82) is 0 Å². The number of hydrogen-bond donors (Lipinski definition) is 2. The van der Waals surface area contributed by atoms with Crippen LogP contribution in [0.2, 0.25) is 0 Å². The molecule has 0 amide bonds. The molecule has 2 N–H and O–H groups in total. The number of nitrogens with one attached hydrogen (secondary N) is 2. The standard InChI is InChI=1S/C10H22N2O2/c1-4-7-11-9(12-8-5-2)10(13)14-6-3/h9,11-12H,4-8H2,1-3H3. The molecular formula is C10H22N2O2. The summed E-state index contributed by atoms with van der Waals surface area (Å²) in [7, 11) is 0. The Balaban J connectivity index is 3.88. The van der Waals surface area contributed by atoms with E-state index >= 15 is 0 Å². The van der Waals surface area contributed by atoms with Gasteiger partial charge >= 0.3 is 5.97 Å². The summed E-state index contributed by atoms with van der Waals surface area (Å²) in [5, 5.41) is 6.21. The van der Waals surface area contributed by atoms with E-state index in [1.54, 1.807) is 0 Å². The van der Waals surface area contributed by atoms with Crippen LogP contribution in [0, 0.1) is 0 Å². The van der Waals surface area contributed by atoms with E-state index in [2.05, 4.69) is 24.5 Å². The summed E-state index contributed by atoms with van der Waals surface area (Å²) in [6, 6.07) is 0. The number of carbonyl (C=O) groups excluding carboxylic acids is 1. The molecular weight excluding hydrogens is 180 g/mol. The van der Waals surface area contributed by atoms with E-state index in [4.69, 9.17) is 4.74 Å². The Bertz CT molecular complexity index is 143. The van der Waals surface area contributed by atoms with Crippen molar-refractivity contribution in [3.63, 3.8) is 0 Å². The highest BCUT2D eigenvalue weighted by atomic mass is 16.5. The second-order valence-corrected chi connectivity index (χ2v) is 3.09. The van der Waals surface area contributed by atoms with Gasteiger partial charge in [0, 0.05) is 0 Å². The molecule has 0 rings (SSSR count). The summed E-state index contributed by atoms with van der Waals surface area (Å²) in [5.41, 5.74) is 0. The zero-order chi connectivity index (χ0) is 10.8. The Labute approximate surface area is 86.4 Å². The molecule has 0 aliphatic heterocycles. The molecule has 0 radical (unpaired) electrons. The molecule has 0 fully saturated rings. The maximum atomic E-state index is 11.4. The monoisotopic (exact) mass is 202 g/mol. The molecule has 0 saturated carbocycles. The molecule has 0 saturated heterocycles. The Morgan fingerprint density at radius 2 is 1.64 bits per heavy atom. The fourth-order valence-corrected chi connectivity index (χ4v) is 1.04. The normalized spacial score (nSPS) is 10.6. The average Bonchev–Trinajstić information content (AvgIpc) is 2.18. The van der Waals surface area contributed by atoms with Crippen LogP contribution >= 0.6 is 0 Å². The first-order valence-electron chi connectivity index (χ1n) is 5.39. The summed E-state index contributed by atoms with van der Waals surface area (Å²) >= 11 is 0. The third kappa shape index (κ3) is 5.94. The van der Waals surface area contributed by atoms with Crippen molar-refractivity contribution in [3.05, 3.63) is 0 Å². The van der Waals surface area contributed by atoms with Gasteiger partial charge in [-0.2, -0.15) is 0 Å². The van der Waals surface area contributed by atoms with Crippen molar-refractivity contribution in [2.75, 3.05) is 19.7 Å². The van der Waals surface area contributed by atoms with Crippen molar-refractivity contribution in [2.45, 2.75) is 39.8 Å². The fraction of sp³-hybridized carbons (Fsp3) is 0.900. The van der Waals surface area contributed by atoms with Gasteiger partial charge in [0.05, 0.1) is 6.61 Å². The zero-order valence-electron chi connectivity index (χ0n) is 9.43. The van der Waals surface area contributed by atoms with E-state index in [1.165, 1.54) is 0 Å². The highest BCUT2D eigenvalue weighted by Gasteiger charge is 2.16. The minimum Gasteiger partial charge on any atom is -0.464 e. The SMILES string of the molecule is CCCNC(NCCC)C(=O)OCC. The quantitative estimate of drug-likeness (QED) is 0.453. The second-order valence-electron chi connectivity index (χ2n) is 3.09. The minimum atomic E-state index is -0.352. The van der Waals surface area contributed by atoms with E-state index in [0.717, 1.165) is 25.9 Å². The topological polar surface area (TPSA) is 50.4 Å². The van der Waals surface area contributed by atoms with Crippen molar-refractivity contribution < 1.29 is 9.53 Å². The summed E-state index contributed by atoms with van der Waals surface area (Å²) in [6.45, 7) is 8.01. The lowest BCUT2D eigenvalue weighted by Gasteiger charge is -2.17. The number of rotatable bonds is 8. The molecule has 0 spiro atoms. The largest absolute Gasteiger partial charge is 0.464 e. The van der Waals surface area contributed by atoms with E-state index in [0.29, 0.717) is 6.61 Å². The molecule has 14 heavy (non-hydrogen) atoms. The van der Waals surface area contributed by atoms with E-state index in [1.807, 2.05) is 6.92 Å². The van der Waals surface area contributed by atoms with Crippen LogP contribution in [0.1, 0.15) is 33.6 Å². The lowest BCUT2D eigenvalue weighted by Crippen LogP contribution is -2.49. The van der Waals surface area contributed by atoms with E-state index in [9.17, 15) is 4.79 Å². The van der Waals surface area contributed by atoms with E-state index in [-0.39, 0.29) is 12.1 Å². The zero-order valence-corrected chi connectivity index (χ0v) is 9.43. The average molecular weight is 202 g/mol. The molecule has 0 aromatic rings. The highest BCUT2D eigenvalue weighted by Crippen LogP contribution is 1.87. The van der Waals surface area contributed by atoms with Gasteiger partial charge in [0.25, 0.3) is 0 Å². The van der Waals surface area contributed by atoms with Crippen LogP contribution in [0.25, 0.3) is 0 Å². The smallest absolute Gasteiger partial charge is 0.338 e. The number of carbonyl (C=O) groups is 1. The summed E-state index contributed by atoms with van der Waals surface area (Å²) in [6.07, 6.45) is 1.66. The minimum absolute atomic E-state index is 0.214. The van der Waals surface area contributed by atoms with Crippen LogP contribution in [0.5, 0.6) is 0 Å². The van der Waals surface area contributed by atoms with Crippen molar-refractivity contribution in [3.8, 4) is 0 Å². The molecule has 84 valence electrons. The Morgan fingerprint density at radius 1 is 1.14 bits per heavy atom. The van der Waals surface area contributed by atoms with Crippen molar-refractivity contribution >= 4 is 5.97 Å². The van der Waals surface area contributed by atoms with Gasteiger partial charge in [0.15, 0.2) is 6.17 Å². The van der Waals surface area contributed by atoms with Crippen LogP contribution in [-0.2, 0) is 9.53 Å². The van der Waals surface area contributed by atoms with Crippen LogP contribution in [0.15, 0.2) is 0 Å². The number of ether oxygens (including phenoxy) is 1. The van der Waals surface area contributed by atoms with Gasteiger partial charge in [-0.3, -0.25) is 10.6 Å². The first-order chi connectivity index (χ1) is 6.76. The molecule has 0 aliphatic rings. The van der Waals surface area contributed by atoms with Gasteiger partial charge in [0.1, 0.15) is 0 Å². The molecule has 0 aromatic heterocycles. The molecule has 0 aliphatic carbocycles. The maximum absolute atomic E-state index is 11.4. The van der Waals surface area contributed by atoms with Gasteiger partial charge in [0.2, 0.25) is 0 Å². The van der Waals surface area contributed by atoms with E-state index < -0.39 is 0 Å². The Hall–Kier alpha value is -0.610. The van der Waals surface area contributed by atoms with Crippen molar-refractivity contribution in [1.82, 2.24) is 10.6 Å². The predicted octanol–water partition coefficient (Wildman–Crippen LogP) is 0.875. The molecule has 0 heterocycles. The lowest BCUT2D eigenvalue weighted by molar-refractivity contribution is -0.146. The number of hydrogen-bond acceptors (Lipinski definition) is 4. The second kappa shape index (κ2) is 8.97. The van der Waals surface area contributed by atoms with Crippen molar-refractivity contribution in [2.24, 2.45) is 0 Å². The third-order valence-electron chi connectivity index (χ3n) is 1.72. The molecule has 0 bridgehead atoms. The molecule has 4 heteroatoms. The molecule has 0 aromatic carbocycles. The van der Waals surface area contributed by atoms with Gasteiger partial charge in [-0.25, -0.2) is 4.79 Å². The third-order valence-corrected chi connectivity index (χ3v) is 1.72. The Kier molecular flexibility index (Phi) is 8.57. The van der Waals surface area contributed by atoms with Gasteiger partial charge in [-0.1, -0.05) is 13.8 Å². The Morgan fingerprint density at radius 3 is 2.00 bits per heavy atom. The summed E-state index contributed by atoms with van der Waals surface area (Å²) in [5.74, 6) is -0.214. The molecule has 0 unspecified atom stereocenters. The van der Waals surface area contributed by atoms with Gasteiger partial charge < -0.3 is 4.74 Å². The van der Waals surface area contributed by atoms with Gasteiger partial charge in [-0.05, 0) is 32.9 Å². The van der Waals surface area contributed by atoms with Crippen LogP contribution in [-0.4, -0.2) is 31.8 Å². The van der Waals surface area contributed by atoms with Gasteiger partial charge in [-0.15, -0.1) is 0 Å². The van der Waals surface area contributed by atoms with Crippen LogP contribution in [0.4, 0.5) is 0 Å². The summed E-state index contributed by atoms with van der Waals surface area (Å²) in [4.78, 5) is 11.4. The fourth-order valence-electron chi connectivity index (χ4n) is 1.04. The highest BCUT2D eigenvalue weighted by molar-refractivity contribution is 5.75. The lowest BCUT2D eigenvalue weighted by atomic mass is 10.4. The first-order valence-corrected chi connectivity index (χ1v) is 5.39. The maximum Gasteiger partial charge on any atom is 0.338 e. The molecule has 0 atom stereocenters. The predicted molar refractivity (Wildman–Crippen MR) is 57.0 cm³/mol. The van der Waals surface area contributed by atoms with Crippen LogP contribution in [0.3, 0.4) is 0 Å². The van der Waals surface area contributed by atoms with Crippen LogP contribution < -0.4 is 10.6 Å². The summed E-state index contributed by atoms with van der Waals surface area (Å²) < 4.78 is 4.93. The molecule has 4 nitrogen and oxygen atoms in total. The number of esters is 1. The first kappa shape index (κ1) is 13.4.